The van der Waals surface area contributed by atoms with Gasteiger partial charge in [0.1, 0.15) is 4.90 Å². The predicted octanol–water partition coefficient (Wildman–Crippen LogP) is 1.60. The summed E-state index contributed by atoms with van der Waals surface area (Å²) in [7, 11) is 1.17. The molecule has 0 fully saturated rings. The molecule has 0 heterocycles. The van der Waals surface area contributed by atoms with E-state index in [0.29, 0.717) is 22.5 Å². The number of methoxy groups -OCH3 is 2. The Morgan fingerprint density at radius 2 is 1.76 bits per heavy atom. The maximum atomic E-state index is 12.4. The number of halogens is 1. The van der Waals surface area contributed by atoms with E-state index in [-0.39, 0.29) is 10.8 Å². The molecule has 1 unspecified atom stereocenters. The molecule has 1 aromatic carbocycles. The average molecular weight is 381 g/mol. The third-order valence-electron chi connectivity index (χ3n) is 2.90. The Hall–Kier alpha value is -0.830. The predicted molar refractivity (Wildman–Crippen MR) is 85.5 cm³/mol. The second kappa shape index (κ2) is 7.98. The molecule has 0 saturated heterocycles. The first-order chi connectivity index (χ1) is 9.85. The topological polar surface area (TPSA) is 76.7 Å². The van der Waals surface area contributed by atoms with Crippen LogP contribution >= 0.6 is 15.9 Å². The van der Waals surface area contributed by atoms with Crippen molar-refractivity contribution in [2.24, 2.45) is 5.92 Å². The number of hydrogen-bond acceptors (Lipinski definition) is 5. The molecule has 120 valence electrons. The minimum atomic E-state index is -3.62. The Labute approximate surface area is 134 Å². The van der Waals surface area contributed by atoms with E-state index in [4.69, 9.17) is 9.47 Å². The summed E-state index contributed by atoms with van der Waals surface area (Å²) >= 11 is 3.26. The van der Waals surface area contributed by atoms with Gasteiger partial charge in [0.15, 0.2) is 11.5 Å². The van der Waals surface area contributed by atoms with E-state index in [1.807, 2.05) is 14.0 Å². The molecule has 21 heavy (non-hydrogen) atoms. The van der Waals surface area contributed by atoms with Crippen LogP contribution in [0, 0.1) is 5.92 Å². The minimum absolute atomic E-state index is 0.122. The molecule has 0 aromatic heterocycles. The van der Waals surface area contributed by atoms with Gasteiger partial charge in [-0.2, -0.15) is 0 Å². The monoisotopic (exact) mass is 380 g/mol. The highest BCUT2D eigenvalue weighted by molar-refractivity contribution is 9.10. The molecular weight excluding hydrogens is 360 g/mol. The number of sulfonamides is 1. The van der Waals surface area contributed by atoms with Crippen molar-refractivity contribution in [3.05, 3.63) is 16.6 Å². The molecule has 1 atom stereocenters. The van der Waals surface area contributed by atoms with Crippen LogP contribution in [0.3, 0.4) is 0 Å². The van der Waals surface area contributed by atoms with Gasteiger partial charge in [0.2, 0.25) is 10.0 Å². The lowest BCUT2D eigenvalue weighted by Crippen LogP contribution is -2.32. The number of hydrogen-bond donors (Lipinski definition) is 2. The van der Waals surface area contributed by atoms with Crippen LogP contribution in [-0.4, -0.2) is 42.8 Å². The van der Waals surface area contributed by atoms with E-state index in [1.54, 1.807) is 6.07 Å². The number of rotatable bonds is 8. The van der Waals surface area contributed by atoms with Gasteiger partial charge in [-0.1, -0.05) is 6.92 Å². The number of benzene rings is 1. The molecule has 8 heteroatoms. The summed E-state index contributed by atoms with van der Waals surface area (Å²) in [5, 5.41) is 3.01. The summed E-state index contributed by atoms with van der Waals surface area (Å²) in [4.78, 5) is 0.122. The van der Waals surface area contributed by atoms with Crippen molar-refractivity contribution in [1.82, 2.24) is 10.0 Å². The van der Waals surface area contributed by atoms with E-state index in [0.717, 1.165) is 6.54 Å². The van der Waals surface area contributed by atoms with Crippen molar-refractivity contribution in [2.75, 3.05) is 34.4 Å². The Morgan fingerprint density at radius 1 is 1.19 bits per heavy atom. The third kappa shape index (κ3) is 4.84. The zero-order valence-electron chi connectivity index (χ0n) is 12.6. The Kier molecular flexibility index (Phi) is 6.92. The lowest BCUT2D eigenvalue weighted by atomic mass is 10.2. The summed E-state index contributed by atoms with van der Waals surface area (Å²) in [6.07, 6.45) is 0. The number of ether oxygens (including phenoxy) is 2. The first-order valence-corrected chi connectivity index (χ1v) is 8.69. The van der Waals surface area contributed by atoms with Gasteiger partial charge in [0.05, 0.1) is 14.2 Å². The standard InChI is InChI=1S/C13H21BrN2O4S/c1-9(7-15-2)8-16-21(17,18)13-6-12(20-4)11(19-3)5-10(13)14/h5-6,9,15-16H,7-8H2,1-4H3. The smallest absolute Gasteiger partial charge is 0.241 e. The molecule has 0 aliphatic rings. The summed E-state index contributed by atoms with van der Waals surface area (Å²) < 4.78 is 38.0. The molecule has 1 aromatic rings. The van der Waals surface area contributed by atoms with E-state index in [2.05, 4.69) is 26.0 Å². The third-order valence-corrected chi connectivity index (χ3v) is 5.28. The minimum Gasteiger partial charge on any atom is -0.493 e. The van der Waals surface area contributed by atoms with E-state index >= 15 is 0 Å². The fourth-order valence-electron chi connectivity index (χ4n) is 1.79. The van der Waals surface area contributed by atoms with E-state index < -0.39 is 10.0 Å². The van der Waals surface area contributed by atoms with Crippen molar-refractivity contribution in [3.63, 3.8) is 0 Å². The molecular formula is C13H21BrN2O4S. The van der Waals surface area contributed by atoms with Gasteiger partial charge in [-0.25, -0.2) is 13.1 Å². The van der Waals surface area contributed by atoms with Crippen LogP contribution in [0.4, 0.5) is 0 Å². The van der Waals surface area contributed by atoms with Crippen LogP contribution in [0.1, 0.15) is 6.92 Å². The van der Waals surface area contributed by atoms with Gasteiger partial charge >= 0.3 is 0 Å². The van der Waals surface area contributed by atoms with Crippen molar-refractivity contribution in [1.29, 1.82) is 0 Å². The first-order valence-electron chi connectivity index (χ1n) is 6.41. The lowest BCUT2D eigenvalue weighted by Gasteiger charge is -2.15. The van der Waals surface area contributed by atoms with Crippen molar-refractivity contribution >= 4 is 26.0 Å². The Balaban J connectivity index is 3.02. The van der Waals surface area contributed by atoms with Gasteiger partial charge in [0.25, 0.3) is 0 Å². The highest BCUT2D eigenvalue weighted by atomic mass is 79.9. The van der Waals surface area contributed by atoms with Crippen LogP contribution in [-0.2, 0) is 10.0 Å². The Morgan fingerprint density at radius 3 is 2.29 bits per heavy atom. The molecule has 2 N–H and O–H groups in total. The van der Waals surface area contributed by atoms with Crippen molar-refractivity contribution in [2.45, 2.75) is 11.8 Å². The summed E-state index contributed by atoms with van der Waals surface area (Å²) in [6, 6.07) is 3.01. The zero-order chi connectivity index (χ0) is 16.0. The SMILES string of the molecule is CNCC(C)CNS(=O)(=O)c1cc(OC)c(OC)cc1Br. The molecule has 1 rings (SSSR count). The average Bonchev–Trinajstić information content (AvgIpc) is 2.45. The van der Waals surface area contributed by atoms with Gasteiger partial charge in [-0.3, -0.25) is 0 Å². The van der Waals surface area contributed by atoms with E-state index in [1.165, 1.54) is 20.3 Å². The van der Waals surface area contributed by atoms with Gasteiger partial charge in [0, 0.05) is 17.1 Å². The highest BCUT2D eigenvalue weighted by Gasteiger charge is 2.21. The fourth-order valence-corrected chi connectivity index (χ4v) is 3.99. The maximum Gasteiger partial charge on any atom is 0.241 e. The fraction of sp³-hybridized carbons (Fsp3) is 0.538. The van der Waals surface area contributed by atoms with Crippen molar-refractivity contribution in [3.8, 4) is 11.5 Å². The molecule has 0 amide bonds. The van der Waals surface area contributed by atoms with Crippen LogP contribution in [0.15, 0.2) is 21.5 Å². The summed E-state index contributed by atoms with van der Waals surface area (Å²) in [5.41, 5.74) is 0. The quantitative estimate of drug-likeness (QED) is 0.716. The second-order valence-corrected chi connectivity index (χ2v) is 7.24. The molecule has 0 aliphatic heterocycles. The highest BCUT2D eigenvalue weighted by Crippen LogP contribution is 2.35. The van der Waals surface area contributed by atoms with Crippen molar-refractivity contribution < 1.29 is 17.9 Å². The van der Waals surface area contributed by atoms with Crippen LogP contribution in [0.5, 0.6) is 11.5 Å². The summed E-state index contributed by atoms with van der Waals surface area (Å²) in [5.74, 6) is 1.01. The Bertz CT molecular complexity index is 578. The molecule has 0 aliphatic carbocycles. The maximum absolute atomic E-state index is 12.4. The van der Waals surface area contributed by atoms with Crippen LogP contribution in [0.2, 0.25) is 0 Å². The normalized spacial score (nSPS) is 13.0. The molecule has 0 saturated carbocycles. The van der Waals surface area contributed by atoms with Gasteiger partial charge in [-0.05, 0) is 41.5 Å². The van der Waals surface area contributed by atoms with E-state index in [9.17, 15) is 8.42 Å². The summed E-state index contributed by atoms with van der Waals surface area (Å²) in [6.45, 7) is 3.04. The molecule has 6 nitrogen and oxygen atoms in total. The van der Waals surface area contributed by atoms with Gasteiger partial charge in [-0.15, -0.1) is 0 Å². The lowest BCUT2D eigenvalue weighted by molar-refractivity contribution is 0.353. The van der Waals surface area contributed by atoms with Gasteiger partial charge < -0.3 is 14.8 Å². The zero-order valence-corrected chi connectivity index (χ0v) is 15.0. The molecule has 0 radical (unpaired) electrons. The van der Waals surface area contributed by atoms with Crippen LogP contribution < -0.4 is 19.5 Å². The second-order valence-electron chi connectivity index (χ2n) is 4.65. The largest absolute Gasteiger partial charge is 0.493 e. The van der Waals surface area contributed by atoms with Crippen LogP contribution in [0.25, 0.3) is 0 Å². The first kappa shape index (κ1) is 18.2. The number of nitrogens with one attached hydrogen (secondary N) is 2. The molecule has 0 spiro atoms. The molecule has 0 bridgehead atoms.